The first-order valence-electron chi connectivity index (χ1n) is 4.44. The van der Waals surface area contributed by atoms with Crippen molar-refractivity contribution < 1.29 is 0 Å². The second-order valence-corrected chi connectivity index (χ2v) is 4.30. The summed E-state index contributed by atoms with van der Waals surface area (Å²) in [5, 5.41) is 6.57. The third-order valence-corrected chi connectivity index (χ3v) is 2.52. The monoisotopic (exact) mass is 196 g/mol. The van der Waals surface area contributed by atoms with Crippen molar-refractivity contribution in [2.75, 3.05) is 6.54 Å². The van der Waals surface area contributed by atoms with E-state index in [1.54, 1.807) is 11.3 Å². The quantitative estimate of drug-likeness (QED) is 0.578. The number of hydrogen-bond donors (Lipinski definition) is 1. The molecule has 0 spiro atoms. The number of nitrogens with zero attached hydrogens (tertiary/aromatic N) is 1. The summed E-state index contributed by atoms with van der Waals surface area (Å²) in [6.07, 6.45) is 1.04. The van der Waals surface area contributed by atoms with Crippen LogP contribution in [0.4, 0.5) is 0 Å². The van der Waals surface area contributed by atoms with Gasteiger partial charge in [0.2, 0.25) is 0 Å². The zero-order chi connectivity index (χ0) is 9.68. The minimum atomic E-state index is 0.873. The van der Waals surface area contributed by atoms with Gasteiger partial charge in [-0.3, -0.25) is 0 Å². The molecule has 0 aliphatic rings. The Morgan fingerprint density at radius 2 is 2.46 bits per heavy atom. The van der Waals surface area contributed by atoms with E-state index in [-0.39, 0.29) is 0 Å². The maximum Gasteiger partial charge on any atom is 0.0897 e. The van der Waals surface area contributed by atoms with Crippen LogP contribution in [0, 0.1) is 6.92 Å². The number of hydrogen-bond acceptors (Lipinski definition) is 3. The van der Waals surface area contributed by atoms with Crippen molar-refractivity contribution in [1.29, 1.82) is 0 Å². The molecule has 1 aromatic rings. The third-order valence-electron chi connectivity index (χ3n) is 1.70. The Bertz CT molecular complexity index is 278. The van der Waals surface area contributed by atoms with Crippen molar-refractivity contribution in [2.24, 2.45) is 0 Å². The molecule has 0 radical (unpaired) electrons. The first-order chi connectivity index (χ1) is 6.18. The molecule has 0 saturated carbocycles. The predicted octanol–water partition coefficient (Wildman–Crippen LogP) is 2.51. The molecule has 1 heterocycles. The van der Waals surface area contributed by atoms with E-state index in [0.29, 0.717) is 0 Å². The first-order valence-corrected chi connectivity index (χ1v) is 5.32. The van der Waals surface area contributed by atoms with E-state index < -0.39 is 0 Å². The van der Waals surface area contributed by atoms with Crippen molar-refractivity contribution in [3.63, 3.8) is 0 Å². The smallest absolute Gasteiger partial charge is 0.0897 e. The summed E-state index contributed by atoms with van der Waals surface area (Å²) in [5.41, 5.74) is 2.37. The van der Waals surface area contributed by atoms with Gasteiger partial charge < -0.3 is 5.32 Å². The van der Waals surface area contributed by atoms with E-state index >= 15 is 0 Å². The molecule has 1 aromatic heterocycles. The van der Waals surface area contributed by atoms with Crippen LogP contribution in [-0.4, -0.2) is 11.5 Å². The Morgan fingerprint density at radius 3 is 3.00 bits per heavy atom. The highest BCUT2D eigenvalue weighted by Crippen LogP contribution is 2.07. The van der Waals surface area contributed by atoms with Gasteiger partial charge in [0.25, 0.3) is 0 Å². The fraction of sp³-hybridized carbons (Fsp3) is 0.500. The molecule has 0 bridgehead atoms. The molecule has 1 N–H and O–H groups in total. The summed E-state index contributed by atoms with van der Waals surface area (Å²) in [6, 6.07) is 0. The lowest BCUT2D eigenvalue weighted by atomic mass is 10.2. The molecule has 0 aromatic carbocycles. The molecule has 72 valence electrons. The zero-order valence-electron chi connectivity index (χ0n) is 8.26. The van der Waals surface area contributed by atoms with E-state index in [1.165, 1.54) is 5.57 Å². The van der Waals surface area contributed by atoms with Crippen molar-refractivity contribution in [1.82, 2.24) is 10.3 Å². The molecule has 0 fully saturated rings. The van der Waals surface area contributed by atoms with Gasteiger partial charge in [-0.2, -0.15) is 0 Å². The second kappa shape index (κ2) is 5.14. The van der Waals surface area contributed by atoms with Gasteiger partial charge in [0.05, 0.1) is 10.7 Å². The van der Waals surface area contributed by atoms with Crippen molar-refractivity contribution in [2.45, 2.75) is 26.8 Å². The molecule has 2 nitrogen and oxygen atoms in total. The summed E-state index contributed by atoms with van der Waals surface area (Å²) in [6.45, 7) is 9.79. The fourth-order valence-electron chi connectivity index (χ4n) is 1.01. The van der Waals surface area contributed by atoms with Gasteiger partial charge in [-0.1, -0.05) is 5.57 Å². The summed E-state index contributed by atoms with van der Waals surface area (Å²) in [5.74, 6) is 0. The van der Waals surface area contributed by atoms with Crippen molar-refractivity contribution in [3.05, 3.63) is 28.2 Å². The van der Waals surface area contributed by atoms with Crippen LogP contribution in [0.25, 0.3) is 0 Å². The molecule has 0 aliphatic carbocycles. The van der Waals surface area contributed by atoms with Gasteiger partial charge in [-0.05, 0) is 26.8 Å². The summed E-state index contributed by atoms with van der Waals surface area (Å²) in [7, 11) is 0. The number of nitrogens with one attached hydrogen (secondary N) is 1. The lowest BCUT2D eigenvalue weighted by Crippen LogP contribution is -2.14. The Morgan fingerprint density at radius 1 is 1.69 bits per heavy atom. The summed E-state index contributed by atoms with van der Waals surface area (Å²) < 4.78 is 0. The Labute approximate surface area is 83.7 Å². The van der Waals surface area contributed by atoms with Crippen LogP contribution in [0.5, 0.6) is 0 Å². The molecule has 0 atom stereocenters. The fourth-order valence-corrected chi connectivity index (χ4v) is 1.62. The largest absolute Gasteiger partial charge is 0.311 e. The van der Waals surface area contributed by atoms with E-state index in [1.807, 2.05) is 6.92 Å². The van der Waals surface area contributed by atoms with Gasteiger partial charge >= 0.3 is 0 Å². The third kappa shape index (κ3) is 4.20. The van der Waals surface area contributed by atoms with Crippen LogP contribution >= 0.6 is 11.3 Å². The van der Waals surface area contributed by atoms with Crippen LogP contribution in [0.3, 0.4) is 0 Å². The molecule has 3 heteroatoms. The number of thiazole rings is 1. The topological polar surface area (TPSA) is 24.9 Å². The minimum Gasteiger partial charge on any atom is -0.311 e. The van der Waals surface area contributed by atoms with Crippen molar-refractivity contribution >= 4 is 11.3 Å². The standard InChI is InChI=1S/C10H16N2S/c1-8(2)4-5-11-6-10-7-13-9(3)12-10/h7,11H,1,4-6H2,2-3H3. The molecular weight excluding hydrogens is 180 g/mol. The normalized spacial score (nSPS) is 10.3. The molecule has 0 aliphatic heterocycles. The number of aromatic nitrogens is 1. The number of rotatable bonds is 5. The summed E-state index contributed by atoms with van der Waals surface area (Å²) >= 11 is 1.70. The first kappa shape index (κ1) is 10.4. The Kier molecular flexibility index (Phi) is 4.12. The molecule has 0 unspecified atom stereocenters. The Hall–Kier alpha value is -0.670. The van der Waals surface area contributed by atoms with E-state index in [4.69, 9.17) is 0 Å². The van der Waals surface area contributed by atoms with Gasteiger partial charge in [0.1, 0.15) is 0 Å². The van der Waals surface area contributed by atoms with E-state index in [0.717, 1.165) is 30.2 Å². The SMILES string of the molecule is C=C(C)CCNCc1csc(C)n1. The van der Waals surface area contributed by atoms with Crippen molar-refractivity contribution in [3.8, 4) is 0 Å². The van der Waals surface area contributed by atoms with Gasteiger partial charge in [-0.15, -0.1) is 17.9 Å². The highest BCUT2D eigenvalue weighted by Gasteiger charge is 1.96. The molecular formula is C10H16N2S. The van der Waals surface area contributed by atoms with Crippen LogP contribution < -0.4 is 5.32 Å². The zero-order valence-corrected chi connectivity index (χ0v) is 9.08. The molecule has 13 heavy (non-hydrogen) atoms. The Balaban J connectivity index is 2.16. The van der Waals surface area contributed by atoms with Gasteiger partial charge in [0.15, 0.2) is 0 Å². The second-order valence-electron chi connectivity index (χ2n) is 3.24. The van der Waals surface area contributed by atoms with Crippen LogP contribution in [0.2, 0.25) is 0 Å². The van der Waals surface area contributed by atoms with E-state index in [9.17, 15) is 0 Å². The maximum absolute atomic E-state index is 4.36. The average Bonchev–Trinajstić information content (AvgIpc) is 2.45. The number of aryl methyl sites for hydroxylation is 1. The lowest BCUT2D eigenvalue weighted by molar-refractivity contribution is 0.675. The van der Waals surface area contributed by atoms with Crippen LogP contribution in [-0.2, 0) is 6.54 Å². The van der Waals surface area contributed by atoms with Gasteiger partial charge in [-0.25, -0.2) is 4.98 Å². The average molecular weight is 196 g/mol. The molecule has 1 rings (SSSR count). The minimum absolute atomic E-state index is 0.873. The summed E-state index contributed by atoms with van der Waals surface area (Å²) in [4.78, 5) is 4.36. The highest BCUT2D eigenvalue weighted by atomic mass is 32.1. The maximum atomic E-state index is 4.36. The van der Waals surface area contributed by atoms with Gasteiger partial charge in [0, 0.05) is 11.9 Å². The molecule has 0 amide bonds. The molecule has 0 saturated heterocycles. The van der Waals surface area contributed by atoms with E-state index in [2.05, 4.69) is 29.2 Å². The predicted molar refractivity (Wildman–Crippen MR) is 58.0 cm³/mol. The lowest BCUT2D eigenvalue weighted by Gasteiger charge is -2.01. The van der Waals surface area contributed by atoms with Crippen LogP contribution in [0.15, 0.2) is 17.5 Å². The van der Waals surface area contributed by atoms with Crippen LogP contribution in [0.1, 0.15) is 24.0 Å². The highest BCUT2D eigenvalue weighted by molar-refractivity contribution is 7.09.